The van der Waals surface area contributed by atoms with Crippen molar-refractivity contribution in [3.05, 3.63) is 39.9 Å². The van der Waals surface area contributed by atoms with Gasteiger partial charge in [0.25, 0.3) is 5.69 Å². The van der Waals surface area contributed by atoms with Gasteiger partial charge >= 0.3 is 0 Å². The minimum Gasteiger partial charge on any atom is -0.394 e. The first-order valence-electron chi connectivity index (χ1n) is 8.17. The topological polar surface area (TPSA) is 90.1 Å². The van der Waals surface area contributed by atoms with Gasteiger partial charge in [0.15, 0.2) is 0 Å². The molecule has 9 heteroatoms. The Morgan fingerprint density at radius 2 is 2.08 bits per heavy atom. The summed E-state index contributed by atoms with van der Waals surface area (Å²) >= 11 is 6.93. The molecule has 7 nitrogen and oxygen atoms in total. The van der Waals surface area contributed by atoms with Crippen molar-refractivity contribution in [3.63, 3.8) is 0 Å². The van der Waals surface area contributed by atoms with Crippen molar-refractivity contribution in [3.8, 4) is 0 Å². The highest BCUT2D eigenvalue weighted by Gasteiger charge is 2.32. The SMILES string of the molecule is CCCCN1CSC(=S)N([C@H](CO)[C@H](O)c2ccc([N+](=O)[O-])cc2)C1. The summed E-state index contributed by atoms with van der Waals surface area (Å²) in [7, 11) is 0. The molecule has 0 bridgehead atoms. The average Bonchev–Trinajstić information content (AvgIpc) is 2.62. The van der Waals surface area contributed by atoms with Gasteiger partial charge in [0.05, 0.1) is 30.1 Å². The first kappa shape index (κ1) is 20.1. The molecule has 0 amide bonds. The van der Waals surface area contributed by atoms with Crippen LogP contribution >= 0.6 is 24.0 Å². The number of non-ortho nitro benzene ring substituents is 1. The number of aliphatic hydroxyl groups is 2. The molecule has 1 heterocycles. The summed E-state index contributed by atoms with van der Waals surface area (Å²) in [6, 6.07) is 5.14. The second-order valence-electron chi connectivity index (χ2n) is 5.94. The number of aliphatic hydroxyl groups excluding tert-OH is 2. The molecule has 0 spiro atoms. The second-order valence-corrected chi connectivity index (χ2v) is 7.52. The van der Waals surface area contributed by atoms with E-state index in [1.807, 2.05) is 4.90 Å². The molecule has 1 aromatic carbocycles. The van der Waals surface area contributed by atoms with Gasteiger partial charge in [-0.3, -0.25) is 15.0 Å². The Morgan fingerprint density at radius 1 is 1.40 bits per heavy atom. The third-order valence-corrected chi connectivity index (χ3v) is 5.75. The van der Waals surface area contributed by atoms with E-state index >= 15 is 0 Å². The molecule has 0 aromatic heterocycles. The van der Waals surface area contributed by atoms with Crippen molar-refractivity contribution in [1.29, 1.82) is 0 Å². The molecule has 2 atom stereocenters. The molecule has 1 aliphatic rings. The number of hydrogen-bond acceptors (Lipinski definition) is 7. The number of thioether (sulfide) groups is 1. The standard InChI is InChI=1S/C16H23N3O4S2/c1-2-3-8-17-10-18(16(24)25-11-17)14(9-20)15(21)12-4-6-13(7-5-12)19(22)23/h4-7,14-15,20-21H,2-3,8-11H2,1H3/t14-,15-/m1/s1. The molecule has 0 saturated carbocycles. The van der Waals surface area contributed by atoms with Crippen molar-refractivity contribution in [2.75, 3.05) is 25.7 Å². The van der Waals surface area contributed by atoms with Crippen molar-refractivity contribution < 1.29 is 15.1 Å². The van der Waals surface area contributed by atoms with Gasteiger partial charge in [-0.15, -0.1) is 0 Å². The maximum atomic E-state index is 10.8. The predicted octanol–water partition coefficient (Wildman–Crippen LogP) is 2.34. The number of benzene rings is 1. The van der Waals surface area contributed by atoms with E-state index in [1.54, 1.807) is 0 Å². The van der Waals surface area contributed by atoms with Crippen LogP contribution in [-0.2, 0) is 0 Å². The van der Waals surface area contributed by atoms with E-state index in [9.17, 15) is 20.3 Å². The highest BCUT2D eigenvalue weighted by molar-refractivity contribution is 8.22. The van der Waals surface area contributed by atoms with E-state index in [1.165, 1.54) is 36.0 Å². The maximum absolute atomic E-state index is 10.8. The zero-order valence-electron chi connectivity index (χ0n) is 14.1. The van der Waals surface area contributed by atoms with Crippen LogP contribution < -0.4 is 0 Å². The highest BCUT2D eigenvalue weighted by Crippen LogP contribution is 2.28. The van der Waals surface area contributed by atoms with Gasteiger partial charge in [-0.2, -0.15) is 0 Å². The Labute approximate surface area is 156 Å². The summed E-state index contributed by atoms with van der Waals surface area (Å²) in [6.07, 6.45) is 1.19. The van der Waals surface area contributed by atoms with Crippen LogP contribution in [-0.4, -0.2) is 61.0 Å². The summed E-state index contributed by atoms with van der Waals surface area (Å²) in [5.74, 6) is 0.807. The molecule has 0 radical (unpaired) electrons. The third kappa shape index (κ3) is 5.11. The Morgan fingerprint density at radius 3 is 2.64 bits per heavy atom. The maximum Gasteiger partial charge on any atom is 0.269 e. The van der Waals surface area contributed by atoms with Crippen molar-refractivity contribution in [2.45, 2.75) is 31.9 Å². The Kier molecular flexibility index (Phi) is 7.57. The summed E-state index contributed by atoms with van der Waals surface area (Å²) in [4.78, 5) is 14.3. The lowest BCUT2D eigenvalue weighted by atomic mass is 10.0. The van der Waals surface area contributed by atoms with Crippen LogP contribution in [0.15, 0.2) is 24.3 Å². The average molecular weight is 386 g/mol. The second kappa shape index (κ2) is 9.44. The lowest BCUT2D eigenvalue weighted by Gasteiger charge is -2.42. The molecular formula is C16H23N3O4S2. The van der Waals surface area contributed by atoms with Crippen LogP contribution in [0.2, 0.25) is 0 Å². The van der Waals surface area contributed by atoms with Crippen LogP contribution in [0.1, 0.15) is 31.4 Å². The van der Waals surface area contributed by atoms with Crippen LogP contribution in [0.3, 0.4) is 0 Å². The summed E-state index contributed by atoms with van der Waals surface area (Å²) in [6.45, 7) is 3.37. The summed E-state index contributed by atoms with van der Waals surface area (Å²) in [5.41, 5.74) is 0.481. The van der Waals surface area contributed by atoms with Crippen LogP contribution in [0.25, 0.3) is 0 Å². The van der Waals surface area contributed by atoms with Gasteiger partial charge in [-0.1, -0.05) is 37.3 Å². The number of unbranched alkanes of at least 4 members (excludes halogenated alkanes) is 1. The fraction of sp³-hybridized carbons (Fsp3) is 0.562. The minimum atomic E-state index is -0.990. The fourth-order valence-electron chi connectivity index (χ4n) is 2.68. The summed E-state index contributed by atoms with van der Waals surface area (Å²) in [5, 5.41) is 31.3. The molecule has 0 aliphatic carbocycles. The van der Waals surface area contributed by atoms with Crippen LogP contribution in [0.4, 0.5) is 5.69 Å². The quantitative estimate of drug-likeness (QED) is 0.400. The molecule has 138 valence electrons. The number of nitro groups is 1. The van der Waals surface area contributed by atoms with Gasteiger partial charge in [-0.05, 0) is 24.1 Å². The number of nitrogens with zero attached hydrogens (tertiary/aromatic N) is 3. The van der Waals surface area contributed by atoms with Gasteiger partial charge < -0.3 is 15.1 Å². The Hall–Kier alpha value is -1.26. The molecule has 1 fully saturated rings. The molecule has 0 unspecified atom stereocenters. The molecular weight excluding hydrogens is 362 g/mol. The zero-order chi connectivity index (χ0) is 18.4. The number of nitro benzene ring substituents is 1. The number of rotatable bonds is 8. The lowest BCUT2D eigenvalue weighted by Crippen LogP contribution is -2.53. The molecule has 1 aromatic rings. The summed E-state index contributed by atoms with van der Waals surface area (Å²) < 4.78 is 0.646. The largest absolute Gasteiger partial charge is 0.394 e. The molecule has 2 rings (SSSR count). The molecule has 1 saturated heterocycles. The van der Waals surface area contributed by atoms with E-state index in [2.05, 4.69) is 11.8 Å². The zero-order valence-corrected chi connectivity index (χ0v) is 15.7. The van der Waals surface area contributed by atoms with E-state index in [-0.39, 0.29) is 12.3 Å². The molecule has 1 aliphatic heterocycles. The van der Waals surface area contributed by atoms with E-state index in [4.69, 9.17) is 12.2 Å². The van der Waals surface area contributed by atoms with E-state index in [0.29, 0.717) is 16.6 Å². The number of thiocarbonyl (C=S) groups is 1. The fourth-order valence-corrected chi connectivity index (χ4v) is 3.90. The smallest absolute Gasteiger partial charge is 0.269 e. The van der Waals surface area contributed by atoms with Crippen molar-refractivity contribution in [1.82, 2.24) is 9.80 Å². The lowest BCUT2D eigenvalue weighted by molar-refractivity contribution is -0.384. The molecule has 25 heavy (non-hydrogen) atoms. The first-order valence-corrected chi connectivity index (χ1v) is 9.56. The van der Waals surface area contributed by atoms with Gasteiger partial charge in [0.1, 0.15) is 10.4 Å². The third-order valence-electron chi connectivity index (χ3n) is 4.18. The van der Waals surface area contributed by atoms with Gasteiger partial charge in [-0.25, -0.2) is 0 Å². The Balaban J connectivity index is 2.12. The normalized spacial score (nSPS) is 18.2. The van der Waals surface area contributed by atoms with E-state index in [0.717, 1.165) is 25.3 Å². The molecule has 2 N–H and O–H groups in total. The number of hydrogen-bond donors (Lipinski definition) is 2. The Bertz CT molecular complexity index is 600. The van der Waals surface area contributed by atoms with Crippen LogP contribution in [0, 0.1) is 10.1 Å². The monoisotopic (exact) mass is 385 g/mol. The van der Waals surface area contributed by atoms with Gasteiger partial charge in [0, 0.05) is 18.7 Å². The van der Waals surface area contributed by atoms with E-state index < -0.39 is 17.1 Å². The van der Waals surface area contributed by atoms with Crippen molar-refractivity contribution >= 4 is 34.0 Å². The van der Waals surface area contributed by atoms with Crippen LogP contribution in [0.5, 0.6) is 0 Å². The van der Waals surface area contributed by atoms with Gasteiger partial charge in [0.2, 0.25) is 0 Å². The van der Waals surface area contributed by atoms with Crippen molar-refractivity contribution in [2.24, 2.45) is 0 Å². The highest BCUT2D eigenvalue weighted by atomic mass is 32.2. The minimum absolute atomic E-state index is 0.0358. The first-order chi connectivity index (χ1) is 12.0. The predicted molar refractivity (Wildman–Crippen MR) is 102 cm³/mol.